The molecule has 1 aromatic rings. The summed E-state index contributed by atoms with van der Waals surface area (Å²) in [5, 5.41) is 9.04. The molecule has 1 saturated heterocycles. The summed E-state index contributed by atoms with van der Waals surface area (Å²) in [5.74, 6) is 0.537. The average molecular weight is 233 g/mol. The van der Waals surface area contributed by atoms with Crippen molar-refractivity contribution in [1.29, 1.82) is 5.26 Å². The van der Waals surface area contributed by atoms with Crippen LogP contribution >= 0.6 is 0 Å². The molecule has 2 rings (SSSR count). The molecule has 1 atom stereocenters. The monoisotopic (exact) mass is 233 g/mol. The highest BCUT2D eigenvalue weighted by Crippen LogP contribution is 2.21. The Labute approximate surface area is 100 Å². The Morgan fingerprint density at radius 3 is 2.88 bits per heavy atom. The van der Waals surface area contributed by atoms with E-state index in [2.05, 4.69) is 11.1 Å². The first-order valence-electron chi connectivity index (χ1n) is 5.78. The lowest BCUT2D eigenvalue weighted by atomic mass is 10.0. The molecule has 0 radical (unpaired) electrons. The summed E-state index contributed by atoms with van der Waals surface area (Å²) in [6.07, 6.45) is 2.68. The van der Waals surface area contributed by atoms with Gasteiger partial charge in [0.05, 0.1) is 11.8 Å². The van der Waals surface area contributed by atoms with E-state index in [9.17, 15) is 4.79 Å². The topological polar surface area (TPSA) is 70.1 Å². The van der Waals surface area contributed by atoms with Crippen molar-refractivity contribution in [2.45, 2.75) is 39.2 Å². The molecule has 0 bridgehead atoms. The minimum atomic E-state index is -0.332. The molecular weight excluding hydrogens is 218 g/mol. The number of aromatic nitrogens is 1. The Balaban J connectivity index is 2.24. The fourth-order valence-electron chi connectivity index (χ4n) is 2.17. The van der Waals surface area contributed by atoms with Crippen LogP contribution in [0.3, 0.4) is 0 Å². The number of hydrogen-bond acceptors (Lipinski definition) is 4. The van der Waals surface area contributed by atoms with Gasteiger partial charge in [0.15, 0.2) is 5.89 Å². The highest BCUT2D eigenvalue weighted by Gasteiger charge is 2.30. The molecule has 1 aliphatic heterocycles. The van der Waals surface area contributed by atoms with Crippen LogP contribution in [-0.2, 0) is 0 Å². The van der Waals surface area contributed by atoms with Gasteiger partial charge in [-0.1, -0.05) is 0 Å². The number of nitrogens with zero attached hydrogens (tertiary/aromatic N) is 3. The van der Waals surface area contributed by atoms with Gasteiger partial charge < -0.3 is 9.32 Å². The van der Waals surface area contributed by atoms with Crippen molar-refractivity contribution in [3.8, 4) is 6.07 Å². The Morgan fingerprint density at radius 1 is 1.53 bits per heavy atom. The zero-order valence-electron chi connectivity index (χ0n) is 10.1. The lowest BCUT2D eigenvalue weighted by molar-refractivity contribution is 0.0635. The second kappa shape index (κ2) is 4.58. The van der Waals surface area contributed by atoms with Gasteiger partial charge in [-0.25, -0.2) is 4.98 Å². The normalized spacial score (nSPS) is 20.1. The van der Waals surface area contributed by atoms with Gasteiger partial charge in [0.1, 0.15) is 6.04 Å². The van der Waals surface area contributed by atoms with Crippen LogP contribution in [0.5, 0.6) is 0 Å². The third-order valence-corrected chi connectivity index (χ3v) is 3.01. The van der Waals surface area contributed by atoms with Crippen molar-refractivity contribution in [2.75, 3.05) is 6.54 Å². The van der Waals surface area contributed by atoms with E-state index in [1.165, 1.54) is 0 Å². The minimum Gasteiger partial charge on any atom is -0.436 e. The molecule has 1 unspecified atom stereocenters. The predicted molar refractivity (Wildman–Crippen MR) is 60.3 cm³/mol. The number of likely N-dealkylation sites (tertiary alicyclic amines) is 1. The number of piperidine rings is 1. The van der Waals surface area contributed by atoms with Crippen LogP contribution in [-0.4, -0.2) is 28.4 Å². The summed E-state index contributed by atoms with van der Waals surface area (Å²) in [6, 6.07) is 1.84. The van der Waals surface area contributed by atoms with E-state index < -0.39 is 0 Å². The third kappa shape index (κ3) is 2.16. The van der Waals surface area contributed by atoms with Gasteiger partial charge in [-0.05, 0) is 26.2 Å². The van der Waals surface area contributed by atoms with E-state index in [0.29, 0.717) is 18.1 Å². The molecule has 1 aromatic heterocycles. The summed E-state index contributed by atoms with van der Waals surface area (Å²) in [6.45, 7) is 4.08. The van der Waals surface area contributed by atoms with Crippen LogP contribution in [0.2, 0.25) is 0 Å². The molecule has 90 valence electrons. The van der Waals surface area contributed by atoms with Gasteiger partial charge >= 0.3 is 0 Å². The fraction of sp³-hybridized carbons (Fsp3) is 0.583. The van der Waals surface area contributed by atoms with Gasteiger partial charge in [0.25, 0.3) is 5.91 Å². The fourth-order valence-corrected chi connectivity index (χ4v) is 2.17. The Morgan fingerprint density at radius 2 is 2.29 bits per heavy atom. The van der Waals surface area contributed by atoms with Gasteiger partial charge in [-0.15, -0.1) is 0 Å². The first kappa shape index (κ1) is 11.6. The highest BCUT2D eigenvalue weighted by atomic mass is 16.4. The van der Waals surface area contributed by atoms with Gasteiger partial charge in [0, 0.05) is 13.5 Å². The Bertz CT molecular complexity index is 473. The van der Waals surface area contributed by atoms with Crippen LogP contribution in [0.1, 0.15) is 41.4 Å². The van der Waals surface area contributed by atoms with Gasteiger partial charge in [0.2, 0.25) is 5.76 Å². The maximum atomic E-state index is 12.2. The number of oxazole rings is 1. The van der Waals surface area contributed by atoms with E-state index >= 15 is 0 Å². The lowest BCUT2D eigenvalue weighted by Gasteiger charge is -2.30. The first-order valence-corrected chi connectivity index (χ1v) is 5.78. The zero-order valence-corrected chi connectivity index (χ0v) is 10.1. The quantitative estimate of drug-likeness (QED) is 0.741. The molecule has 5 heteroatoms. The van der Waals surface area contributed by atoms with Gasteiger partial charge in [-0.3, -0.25) is 4.79 Å². The van der Waals surface area contributed by atoms with E-state index in [-0.39, 0.29) is 17.7 Å². The number of carbonyl (C=O) groups excluding carboxylic acids is 1. The van der Waals surface area contributed by atoms with Crippen molar-refractivity contribution in [3.63, 3.8) is 0 Å². The summed E-state index contributed by atoms with van der Waals surface area (Å²) in [4.78, 5) is 17.9. The smallest absolute Gasteiger partial charge is 0.292 e. The molecule has 0 spiro atoms. The van der Waals surface area contributed by atoms with Crippen LogP contribution in [0.25, 0.3) is 0 Å². The summed E-state index contributed by atoms with van der Waals surface area (Å²) < 4.78 is 5.31. The van der Waals surface area contributed by atoms with Crippen molar-refractivity contribution in [2.24, 2.45) is 0 Å². The van der Waals surface area contributed by atoms with E-state index in [1.807, 2.05) is 0 Å². The van der Waals surface area contributed by atoms with Crippen molar-refractivity contribution < 1.29 is 9.21 Å². The molecule has 0 aromatic carbocycles. The molecule has 0 aliphatic carbocycles. The third-order valence-electron chi connectivity index (χ3n) is 3.01. The summed E-state index contributed by atoms with van der Waals surface area (Å²) in [5.41, 5.74) is 0.592. The molecule has 2 heterocycles. The van der Waals surface area contributed by atoms with Crippen molar-refractivity contribution >= 4 is 5.91 Å². The standard InChI is InChI=1S/C12H15N3O2/c1-8-11(17-9(2)14-8)12(16)15-6-4-3-5-10(15)7-13/h10H,3-6H2,1-2H3. The number of hydrogen-bond donors (Lipinski definition) is 0. The number of amides is 1. The molecule has 1 aliphatic rings. The van der Waals surface area contributed by atoms with E-state index in [0.717, 1.165) is 19.3 Å². The Kier molecular flexibility index (Phi) is 3.14. The van der Waals surface area contributed by atoms with Crippen LogP contribution in [0.15, 0.2) is 4.42 Å². The van der Waals surface area contributed by atoms with E-state index in [1.54, 1.807) is 18.7 Å². The SMILES string of the molecule is Cc1nc(C)c(C(=O)N2CCCCC2C#N)o1. The van der Waals surface area contributed by atoms with Crippen LogP contribution in [0.4, 0.5) is 0 Å². The lowest BCUT2D eigenvalue weighted by Crippen LogP contribution is -2.43. The molecule has 1 fully saturated rings. The number of carbonyl (C=O) groups is 1. The molecule has 0 N–H and O–H groups in total. The maximum Gasteiger partial charge on any atom is 0.292 e. The molecular formula is C12H15N3O2. The number of aryl methyl sites for hydroxylation is 2. The summed E-state index contributed by atoms with van der Waals surface area (Å²) in [7, 11) is 0. The predicted octanol–water partition coefficient (Wildman–Crippen LogP) is 1.81. The molecule has 17 heavy (non-hydrogen) atoms. The second-order valence-corrected chi connectivity index (χ2v) is 4.29. The average Bonchev–Trinajstić information content (AvgIpc) is 2.67. The molecule has 0 saturated carbocycles. The number of nitriles is 1. The second-order valence-electron chi connectivity index (χ2n) is 4.29. The van der Waals surface area contributed by atoms with Crippen molar-refractivity contribution in [3.05, 3.63) is 17.3 Å². The van der Waals surface area contributed by atoms with Crippen LogP contribution in [0, 0.1) is 25.2 Å². The highest BCUT2D eigenvalue weighted by molar-refractivity contribution is 5.93. The molecule has 1 amide bonds. The largest absolute Gasteiger partial charge is 0.436 e. The summed E-state index contributed by atoms with van der Waals surface area (Å²) >= 11 is 0. The van der Waals surface area contributed by atoms with Crippen molar-refractivity contribution in [1.82, 2.24) is 9.88 Å². The number of rotatable bonds is 1. The van der Waals surface area contributed by atoms with E-state index in [4.69, 9.17) is 9.68 Å². The first-order chi connectivity index (χ1) is 8.13. The van der Waals surface area contributed by atoms with Crippen LogP contribution < -0.4 is 0 Å². The minimum absolute atomic E-state index is 0.214. The zero-order chi connectivity index (χ0) is 12.4. The maximum absolute atomic E-state index is 12.2. The van der Waals surface area contributed by atoms with Gasteiger partial charge in [-0.2, -0.15) is 5.26 Å². The Hall–Kier alpha value is -1.83. The molecule has 5 nitrogen and oxygen atoms in total.